The number of rotatable bonds is 2. The molecule has 104 valence electrons. The van der Waals surface area contributed by atoms with Gasteiger partial charge in [0.2, 0.25) is 0 Å². The largest absolute Gasteiger partial charge is 0.508 e. The molecule has 1 aliphatic carbocycles. The summed E-state index contributed by atoms with van der Waals surface area (Å²) < 4.78 is 13.7. The number of carbonyl (C=O) groups excluding carboxylic acids is 1. The molecule has 2 atom stereocenters. The molecule has 0 spiro atoms. The van der Waals surface area contributed by atoms with Crippen molar-refractivity contribution in [1.82, 2.24) is 4.90 Å². The maximum Gasteiger partial charge on any atom is 0.256 e. The fourth-order valence-corrected chi connectivity index (χ4v) is 2.56. The van der Waals surface area contributed by atoms with Crippen LogP contribution in [0.1, 0.15) is 36.0 Å². The Bertz CT molecular complexity index is 478. The van der Waals surface area contributed by atoms with E-state index < -0.39 is 17.8 Å². The SMILES string of the molecule is CN(C(=O)c1ccc(O)cc1F)C1CCCCC1O. The van der Waals surface area contributed by atoms with Crippen molar-refractivity contribution in [3.8, 4) is 5.75 Å². The highest BCUT2D eigenvalue weighted by molar-refractivity contribution is 5.94. The summed E-state index contributed by atoms with van der Waals surface area (Å²) >= 11 is 0. The summed E-state index contributed by atoms with van der Waals surface area (Å²) in [5, 5.41) is 19.1. The van der Waals surface area contributed by atoms with Gasteiger partial charge in [-0.05, 0) is 25.0 Å². The number of aromatic hydroxyl groups is 1. The number of halogens is 1. The molecule has 4 nitrogen and oxygen atoms in total. The van der Waals surface area contributed by atoms with Crippen LogP contribution in [0.15, 0.2) is 18.2 Å². The normalized spacial score (nSPS) is 23.1. The summed E-state index contributed by atoms with van der Waals surface area (Å²) in [5.74, 6) is -1.43. The van der Waals surface area contributed by atoms with Gasteiger partial charge in [0.1, 0.15) is 11.6 Å². The van der Waals surface area contributed by atoms with E-state index in [-0.39, 0.29) is 17.4 Å². The van der Waals surface area contributed by atoms with E-state index in [1.54, 1.807) is 7.05 Å². The molecule has 19 heavy (non-hydrogen) atoms. The van der Waals surface area contributed by atoms with Gasteiger partial charge in [-0.15, -0.1) is 0 Å². The van der Waals surface area contributed by atoms with Crippen LogP contribution in [0.2, 0.25) is 0 Å². The molecule has 5 heteroatoms. The lowest BCUT2D eigenvalue weighted by Gasteiger charge is -2.35. The molecule has 1 aliphatic rings. The lowest BCUT2D eigenvalue weighted by Crippen LogP contribution is -2.46. The van der Waals surface area contributed by atoms with Gasteiger partial charge >= 0.3 is 0 Å². The van der Waals surface area contributed by atoms with Crippen LogP contribution in [0.25, 0.3) is 0 Å². The Morgan fingerprint density at radius 1 is 1.37 bits per heavy atom. The minimum atomic E-state index is -0.748. The summed E-state index contributed by atoms with van der Waals surface area (Å²) in [6.45, 7) is 0. The van der Waals surface area contributed by atoms with Gasteiger partial charge in [-0.1, -0.05) is 12.8 Å². The second-order valence-corrected chi connectivity index (χ2v) is 5.00. The summed E-state index contributed by atoms with van der Waals surface area (Å²) in [6, 6.07) is 3.19. The van der Waals surface area contributed by atoms with E-state index >= 15 is 0 Å². The number of phenolic OH excluding ortho intramolecular Hbond substituents is 1. The summed E-state index contributed by atoms with van der Waals surface area (Å²) in [5.41, 5.74) is -0.0851. The molecule has 1 saturated carbocycles. The third kappa shape index (κ3) is 2.87. The third-order valence-corrected chi connectivity index (χ3v) is 3.69. The molecular weight excluding hydrogens is 249 g/mol. The maximum absolute atomic E-state index is 13.7. The first-order valence-electron chi connectivity index (χ1n) is 6.44. The minimum Gasteiger partial charge on any atom is -0.508 e. The van der Waals surface area contributed by atoms with Crippen LogP contribution in [-0.4, -0.2) is 40.2 Å². The number of hydrogen-bond donors (Lipinski definition) is 2. The molecule has 2 N–H and O–H groups in total. The topological polar surface area (TPSA) is 60.8 Å². The van der Waals surface area contributed by atoms with Gasteiger partial charge in [0.05, 0.1) is 17.7 Å². The van der Waals surface area contributed by atoms with Gasteiger partial charge in [0, 0.05) is 13.1 Å². The lowest BCUT2D eigenvalue weighted by atomic mass is 9.91. The first kappa shape index (κ1) is 13.8. The van der Waals surface area contributed by atoms with Crippen molar-refractivity contribution in [3.63, 3.8) is 0 Å². The highest BCUT2D eigenvalue weighted by atomic mass is 19.1. The molecule has 0 heterocycles. The van der Waals surface area contributed by atoms with Crippen LogP contribution in [0.4, 0.5) is 4.39 Å². The molecule has 0 saturated heterocycles. The number of likely N-dealkylation sites (N-methyl/N-ethyl adjacent to an activating group) is 1. The van der Waals surface area contributed by atoms with Gasteiger partial charge in [0.25, 0.3) is 5.91 Å². The predicted octanol–water partition coefficient (Wildman–Crippen LogP) is 1.91. The first-order valence-corrected chi connectivity index (χ1v) is 6.44. The quantitative estimate of drug-likeness (QED) is 0.860. The molecule has 0 radical (unpaired) electrons. The van der Waals surface area contributed by atoms with Gasteiger partial charge < -0.3 is 15.1 Å². The summed E-state index contributed by atoms with van der Waals surface area (Å²) in [4.78, 5) is 13.6. The van der Waals surface area contributed by atoms with Crippen molar-refractivity contribution in [3.05, 3.63) is 29.6 Å². The molecule has 2 unspecified atom stereocenters. The molecule has 0 aromatic heterocycles. The average molecular weight is 267 g/mol. The van der Waals surface area contributed by atoms with Crippen molar-refractivity contribution < 1.29 is 19.4 Å². The highest BCUT2D eigenvalue weighted by Gasteiger charge is 2.30. The van der Waals surface area contributed by atoms with E-state index in [0.29, 0.717) is 6.42 Å². The fourth-order valence-electron chi connectivity index (χ4n) is 2.56. The zero-order valence-electron chi connectivity index (χ0n) is 10.8. The second-order valence-electron chi connectivity index (χ2n) is 5.00. The number of carbonyl (C=O) groups is 1. The van der Waals surface area contributed by atoms with Crippen LogP contribution in [0.3, 0.4) is 0 Å². The van der Waals surface area contributed by atoms with Crippen molar-refractivity contribution in [1.29, 1.82) is 0 Å². The van der Waals surface area contributed by atoms with Crippen LogP contribution in [0.5, 0.6) is 5.75 Å². The standard InChI is InChI=1S/C14H18FNO3/c1-16(12-4-2-3-5-13(12)18)14(19)10-7-6-9(17)8-11(10)15/h6-8,12-13,17-18H,2-5H2,1H3. The molecule has 1 aromatic carbocycles. The number of amides is 1. The molecule has 1 fully saturated rings. The Balaban J connectivity index is 2.18. The monoisotopic (exact) mass is 267 g/mol. The molecule has 0 aliphatic heterocycles. The lowest BCUT2D eigenvalue weighted by molar-refractivity contribution is 0.0265. The van der Waals surface area contributed by atoms with Crippen molar-refractivity contribution in [2.75, 3.05) is 7.05 Å². The number of aliphatic hydroxyl groups is 1. The Hall–Kier alpha value is -1.62. The van der Waals surface area contributed by atoms with Gasteiger partial charge in [-0.2, -0.15) is 0 Å². The number of hydrogen-bond acceptors (Lipinski definition) is 3. The number of phenols is 1. The maximum atomic E-state index is 13.7. The first-order chi connectivity index (χ1) is 9.00. The van der Waals surface area contributed by atoms with Crippen molar-refractivity contribution in [2.45, 2.75) is 37.8 Å². The van der Waals surface area contributed by atoms with Crippen LogP contribution >= 0.6 is 0 Å². The van der Waals surface area contributed by atoms with Crippen LogP contribution in [0, 0.1) is 5.82 Å². The fraction of sp³-hybridized carbons (Fsp3) is 0.500. The molecule has 2 rings (SSSR count). The summed E-state index contributed by atoms with van der Waals surface area (Å²) in [7, 11) is 1.58. The zero-order valence-corrected chi connectivity index (χ0v) is 10.8. The van der Waals surface area contributed by atoms with Crippen molar-refractivity contribution in [2.24, 2.45) is 0 Å². The van der Waals surface area contributed by atoms with Gasteiger partial charge in [-0.25, -0.2) is 4.39 Å². The van der Waals surface area contributed by atoms with E-state index in [1.807, 2.05) is 0 Å². The van der Waals surface area contributed by atoms with E-state index in [4.69, 9.17) is 5.11 Å². The number of benzene rings is 1. The average Bonchev–Trinajstić information content (AvgIpc) is 2.38. The predicted molar refractivity (Wildman–Crippen MR) is 68.4 cm³/mol. The Morgan fingerprint density at radius 2 is 2.05 bits per heavy atom. The minimum absolute atomic E-state index is 0.0851. The number of aliphatic hydroxyl groups excluding tert-OH is 1. The molecule has 1 amide bonds. The number of nitrogens with zero attached hydrogens (tertiary/aromatic N) is 1. The smallest absolute Gasteiger partial charge is 0.256 e. The Morgan fingerprint density at radius 3 is 2.68 bits per heavy atom. The van der Waals surface area contributed by atoms with Crippen LogP contribution in [-0.2, 0) is 0 Å². The van der Waals surface area contributed by atoms with E-state index in [0.717, 1.165) is 25.3 Å². The second kappa shape index (κ2) is 5.57. The van der Waals surface area contributed by atoms with Gasteiger partial charge in [-0.3, -0.25) is 4.79 Å². The van der Waals surface area contributed by atoms with Crippen molar-refractivity contribution >= 4 is 5.91 Å². The van der Waals surface area contributed by atoms with E-state index in [2.05, 4.69) is 0 Å². The Labute approximate surface area is 111 Å². The van der Waals surface area contributed by atoms with E-state index in [9.17, 15) is 14.3 Å². The zero-order chi connectivity index (χ0) is 14.0. The molecular formula is C14H18FNO3. The molecule has 1 aromatic rings. The highest BCUT2D eigenvalue weighted by Crippen LogP contribution is 2.24. The van der Waals surface area contributed by atoms with Crippen LogP contribution < -0.4 is 0 Å². The summed E-state index contributed by atoms with van der Waals surface area (Å²) in [6.07, 6.45) is 2.75. The third-order valence-electron chi connectivity index (χ3n) is 3.69. The Kier molecular flexibility index (Phi) is 4.04. The molecule has 0 bridgehead atoms. The van der Waals surface area contributed by atoms with E-state index in [1.165, 1.54) is 17.0 Å². The van der Waals surface area contributed by atoms with Gasteiger partial charge in [0.15, 0.2) is 0 Å².